The fourth-order valence-corrected chi connectivity index (χ4v) is 3.34. The summed E-state index contributed by atoms with van der Waals surface area (Å²) in [5.74, 6) is 1.16. The minimum atomic E-state index is 0.384. The number of nitrogens with zero attached hydrogens (tertiary/aromatic N) is 5. The van der Waals surface area contributed by atoms with E-state index in [1.165, 1.54) is 0 Å². The summed E-state index contributed by atoms with van der Waals surface area (Å²) in [5, 5.41) is 0. The van der Waals surface area contributed by atoms with Gasteiger partial charge in [0.1, 0.15) is 5.82 Å². The Hall–Kier alpha value is -0.950. The van der Waals surface area contributed by atoms with Gasteiger partial charge in [0.15, 0.2) is 0 Å². The summed E-state index contributed by atoms with van der Waals surface area (Å²) in [7, 11) is 2.07. The van der Waals surface area contributed by atoms with Gasteiger partial charge in [-0.15, -0.1) is 0 Å². The number of imidazole rings is 1. The third-order valence-corrected chi connectivity index (χ3v) is 4.88. The van der Waals surface area contributed by atoms with Crippen LogP contribution in [0.5, 0.6) is 0 Å². The van der Waals surface area contributed by atoms with Crippen LogP contribution in [0.1, 0.15) is 12.7 Å². The average molecular weight is 307 g/mol. The molecule has 3 rings (SSSR count). The monoisotopic (exact) mass is 307 g/mol. The van der Waals surface area contributed by atoms with Crippen molar-refractivity contribution in [2.24, 2.45) is 7.05 Å². The molecule has 0 aromatic carbocycles. The van der Waals surface area contributed by atoms with Gasteiger partial charge < -0.3 is 9.30 Å². The van der Waals surface area contributed by atoms with E-state index in [1.807, 2.05) is 12.4 Å². The van der Waals surface area contributed by atoms with E-state index in [-0.39, 0.29) is 0 Å². The first-order valence-electron chi connectivity index (χ1n) is 8.49. The first-order chi connectivity index (χ1) is 10.7. The Morgan fingerprint density at radius 3 is 2.59 bits per heavy atom. The van der Waals surface area contributed by atoms with Crippen LogP contribution >= 0.6 is 0 Å². The van der Waals surface area contributed by atoms with Gasteiger partial charge in [-0.25, -0.2) is 4.98 Å². The molecule has 0 saturated carbocycles. The number of morpholine rings is 1. The Bertz CT molecular complexity index is 455. The van der Waals surface area contributed by atoms with Crippen LogP contribution in [0.15, 0.2) is 12.4 Å². The summed E-state index contributed by atoms with van der Waals surface area (Å²) < 4.78 is 8.04. The molecule has 0 radical (unpaired) electrons. The lowest BCUT2D eigenvalue weighted by atomic mass is 10.2. The number of piperazine rings is 1. The number of rotatable bonds is 5. The maximum atomic E-state index is 5.93. The van der Waals surface area contributed by atoms with Gasteiger partial charge in [-0.1, -0.05) is 6.92 Å². The topological polar surface area (TPSA) is 36.8 Å². The largest absolute Gasteiger partial charge is 0.374 e. The van der Waals surface area contributed by atoms with Gasteiger partial charge in [0.05, 0.1) is 19.3 Å². The number of likely N-dealkylation sites (N-methyl/N-ethyl adjacent to an activating group) is 1. The Balaban J connectivity index is 1.41. The quantitative estimate of drug-likeness (QED) is 0.780. The summed E-state index contributed by atoms with van der Waals surface area (Å²) >= 11 is 0. The van der Waals surface area contributed by atoms with Crippen molar-refractivity contribution in [3.8, 4) is 0 Å². The SMILES string of the molecule is CCN1CCOC(CN2CCN(Cc3nccn3C)CC2)C1. The molecule has 1 aromatic heterocycles. The smallest absolute Gasteiger partial charge is 0.122 e. The second-order valence-corrected chi connectivity index (χ2v) is 6.42. The van der Waals surface area contributed by atoms with Crippen molar-refractivity contribution < 1.29 is 4.74 Å². The molecule has 2 saturated heterocycles. The number of aryl methyl sites for hydroxylation is 1. The van der Waals surface area contributed by atoms with Crippen molar-refractivity contribution in [1.82, 2.24) is 24.3 Å². The standard InChI is InChI=1S/C16H29N5O/c1-3-19-10-11-22-15(12-19)13-20-6-8-21(9-7-20)14-16-17-4-5-18(16)2/h4-5,15H,3,6-14H2,1-2H3. The summed E-state index contributed by atoms with van der Waals surface area (Å²) in [6.45, 7) is 13.0. The van der Waals surface area contributed by atoms with Crippen LogP contribution in [-0.2, 0) is 18.3 Å². The molecule has 124 valence electrons. The number of ether oxygens (including phenoxy) is 1. The Morgan fingerprint density at radius 1 is 1.14 bits per heavy atom. The zero-order chi connectivity index (χ0) is 15.4. The minimum absolute atomic E-state index is 0.384. The summed E-state index contributed by atoms with van der Waals surface area (Å²) in [5.41, 5.74) is 0. The van der Waals surface area contributed by atoms with Crippen molar-refractivity contribution in [3.63, 3.8) is 0 Å². The Kier molecular flexibility index (Phi) is 5.46. The highest BCUT2D eigenvalue weighted by atomic mass is 16.5. The van der Waals surface area contributed by atoms with Crippen LogP contribution in [0.3, 0.4) is 0 Å². The maximum absolute atomic E-state index is 5.93. The molecule has 1 atom stereocenters. The molecular formula is C16H29N5O. The van der Waals surface area contributed by atoms with Crippen LogP contribution in [0.25, 0.3) is 0 Å². The molecule has 2 aliphatic rings. The third kappa shape index (κ3) is 4.07. The minimum Gasteiger partial charge on any atom is -0.374 e. The summed E-state index contributed by atoms with van der Waals surface area (Å²) in [6, 6.07) is 0. The lowest BCUT2D eigenvalue weighted by Crippen LogP contribution is -2.52. The second-order valence-electron chi connectivity index (χ2n) is 6.42. The molecule has 6 heteroatoms. The summed E-state index contributed by atoms with van der Waals surface area (Å²) in [6.07, 6.45) is 4.28. The molecular weight excluding hydrogens is 278 g/mol. The fourth-order valence-electron chi connectivity index (χ4n) is 3.34. The predicted molar refractivity (Wildman–Crippen MR) is 86.8 cm³/mol. The van der Waals surface area contributed by atoms with Crippen LogP contribution in [-0.4, -0.2) is 89.3 Å². The second kappa shape index (κ2) is 7.55. The first kappa shape index (κ1) is 15.9. The van der Waals surface area contributed by atoms with Crippen molar-refractivity contribution in [2.75, 3.05) is 59.0 Å². The molecule has 3 heterocycles. The average Bonchev–Trinajstić information content (AvgIpc) is 2.94. The Labute approximate surface area is 133 Å². The van der Waals surface area contributed by atoms with Gasteiger partial charge in [-0.2, -0.15) is 0 Å². The van der Waals surface area contributed by atoms with Crippen molar-refractivity contribution in [3.05, 3.63) is 18.2 Å². The van der Waals surface area contributed by atoms with E-state index in [0.717, 1.165) is 71.3 Å². The number of hydrogen-bond acceptors (Lipinski definition) is 5. The van der Waals surface area contributed by atoms with Gasteiger partial charge in [0, 0.05) is 65.3 Å². The van der Waals surface area contributed by atoms with Crippen molar-refractivity contribution >= 4 is 0 Å². The van der Waals surface area contributed by atoms with Gasteiger partial charge in [0.2, 0.25) is 0 Å². The zero-order valence-electron chi connectivity index (χ0n) is 13.9. The van der Waals surface area contributed by atoms with Gasteiger partial charge in [-0.05, 0) is 6.54 Å². The van der Waals surface area contributed by atoms with Crippen LogP contribution < -0.4 is 0 Å². The molecule has 1 aromatic rings. The number of hydrogen-bond donors (Lipinski definition) is 0. The molecule has 0 amide bonds. The lowest BCUT2D eigenvalue weighted by Gasteiger charge is -2.39. The third-order valence-electron chi connectivity index (χ3n) is 4.88. The summed E-state index contributed by atoms with van der Waals surface area (Å²) in [4.78, 5) is 12.0. The van der Waals surface area contributed by atoms with E-state index in [4.69, 9.17) is 4.74 Å². The molecule has 1 unspecified atom stereocenters. The van der Waals surface area contributed by atoms with Gasteiger partial charge in [0.25, 0.3) is 0 Å². The molecule has 0 spiro atoms. The lowest BCUT2D eigenvalue weighted by molar-refractivity contribution is -0.0471. The van der Waals surface area contributed by atoms with E-state index in [1.54, 1.807) is 0 Å². The van der Waals surface area contributed by atoms with Crippen LogP contribution in [0.2, 0.25) is 0 Å². The van der Waals surface area contributed by atoms with Gasteiger partial charge >= 0.3 is 0 Å². The Morgan fingerprint density at radius 2 is 1.91 bits per heavy atom. The van der Waals surface area contributed by atoms with E-state index in [9.17, 15) is 0 Å². The van der Waals surface area contributed by atoms with Crippen molar-refractivity contribution in [2.45, 2.75) is 19.6 Å². The molecule has 6 nitrogen and oxygen atoms in total. The molecule has 22 heavy (non-hydrogen) atoms. The molecule has 2 fully saturated rings. The first-order valence-corrected chi connectivity index (χ1v) is 8.49. The zero-order valence-corrected chi connectivity index (χ0v) is 13.9. The highest BCUT2D eigenvalue weighted by molar-refractivity contribution is 4.92. The molecule has 0 aliphatic carbocycles. The van der Waals surface area contributed by atoms with E-state index in [2.05, 4.69) is 38.2 Å². The van der Waals surface area contributed by atoms with E-state index in [0.29, 0.717) is 6.10 Å². The number of aromatic nitrogens is 2. The highest BCUT2D eigenvalue weighted by Gasteiger charge is 2.24. The van der Waals surface area contributed by atoms with E-state index < -0.39 is 0 Å². The van der Waals surface area contributed by atoms with Gasteiger partial charge in [-0.3, -0.25) is 14.7 Å². The predicted octanol–water partition coefficient (Wildman–Crippen LogP) is 0.258. The normalized spacial score (nSPS) is 25.6. The fraction of sp³-hybridized carbons (Fsp3) is 0.812. The molecule has 0 N–H and O–H groups in total. The molecule has 2 aliphatic heterocycles. The van der Waals surface area contributed by atoms with Crippen molar-refractivity contribution in [1.29, 1.82) is 0 Å². The van der Waals surface area contributed by atoms with Crippen LogP contribution in [0.4, 0.5) is 0 Å². The maximum Gasteiger partial charge on any atom is 0.122 e. The molecule has 0 bridgehead atoms. The highest BCUT2D eigenvalue weighted by Crippen LogP contribution is 2.11. The van der Waals surface area contributed by atoms with E-state index >= 15 is 0 Å². The van der Waals surface area contributed by atoms with Crippen LogP contribution in [0, 0.1) is 0 Å².